The smallest absolute Gasteiger partial charge is 0.315 e. The minimum atomic E-state index is -1.08. The Morgan fingerprint density at radius 2 is 2.05 bits per heavy atom. The van der Waals surface area contributed by atoms with Crippen molar-refractivity contribution in [1.82, 2.24) is 4.90 Å². The van der Waals surface area contributed by atoms with Crippen molar-refractivity contribution in [3.63, 3.8) is 0 Å². The van der Waals surface area contributed by atoms with Gasteiger partial charge in [-0.25, -0.2) is 4.39 Å². The molecule has 1 N–H and O–H groups in total. The molecule has 1 saturated heterocycles. The van der Waals surface area contributed by atoms with E-state index in [1.165, 1.54) is 13.0 Å². The molecule has 21 heavy (non-hydrogen) atoms. The molecule has 1 aromatic rings. The third-order valence-corrected chi connectivity index (χ3v) is 4.08. The van der Waals surface area contributed by atoms with Crippen LogP contribution in [0, 0.1) is 17.7 Å². The summed E-state index contributed by atoms with van der Waals surface area (Å²) >= 11 is 0. The molecule has 5 heteroatoms. The minimum Gasteiger partial charge on any atom is -0.481 e. The van der Waals surface area contributed by atoms with Crippen LogP contribution >= 0.6 is 0 Å². The summed E-state index contributed by atoms with van der Waals surface area (Å²) in [4.78, 5) is 24.4. The molecule has 0 saturated carbocycles. The van der Waals surface area contributed by atoms with Crippen molar-refractivity contribution in [3.8, 4) is 0 Å². The third-order valence-electron chi connectivity index (χ3n) is 4.08. The van der Waals surface area contributed by atoms with Gasteiger partial charge in [-0.1, -0.05) is 12.1 Å². The SMILES string of the molecule is CC(C(=O)O)C(=O)N1CCC(Cc2cccc(F)c2)CC1. The molecule has 1 fully saturated rings. The van der Waals surface area contributed by atoms with E-state index < -0.39 is 11.9 Å². The highest BCUT2D eigenvalue weighted by atomic mass is 19.1. The summed E-state index contributed by atoms with van der Waals surface area (Å²) < 4.78 is 13.1. The molecule has 2 rings (SSSR count). The molecule has 1 unspecified atom stereocenters. The van der Waals surface area contributed by atoms with Crippen molar-refractivity contribution >= 4 is 11.9 Å². The van der Waals surface area contributed by atoms with Crippen molar-refractivity contribution in [1.29, 1.82) is 0 Å². The number of carbonyl (C=O) groups excluding carboxylic acids is 1. The maximum Gasteiger partial charge on any atom is 0.315 e. The average Bonchev–Trinajstić information content (AvgIpc) is 2.46. The quantitative estimate of drug-likeness (QED) is 0.867. The Hall–Kier alpha value is -1.91. The number of hydrogen-bond acceptors (Lipinski definition) is 2. The van der Waals surface area contributed by atoms with Gasteiger partial charge in [0, 0.05) is 13.1 Å². The van der Waals surface area contributed by atoms with Crippen LogP contribution in [0.15, 0.2) is 24.3 Å². The van der Waals surface area contributed by atoms with E-state index >= 15 is 0 Å². The number of aliphatic carboxylic acids is 1. The largest absolute Gasteiger partial charge is 0.481 e. The van der Waals surface area contributed by atoms with Gasteiger partial charge in [-0.05, 0) is 49.8 Å². The summed E-state index contributed by atoms with van der Waals surface area (Å²) in [6, 6.07) is 6.59. The summed E-state index contributed by atoms with van der Waals surface area (Å²) in [5.41, 5.74) is 0.971. The number of piperidine rings is 1. The highest BCUT2D eigenvalue weighted by molar-refractivity contribution is 5.96. The fraction of sp³-hybridized carbons (Fsp3) is 0.500. The molecule has 1 heterocycles. The molecule has 0 spiro atoms. The second-order valence-electron chi connectivity index (χ2n) is 5.66. The highest BCUT2D eigenvalue weighted by Gasteiger charge is 2.29. The molecule has 114 valence electrons. The molecule has 1 aliphatic rings. The van der Waals surface area contributed by atoms with Gasteiger partial charge in [0.2, 0.25) is 5.91 Å². The van der Waals surface area contributed by atoms with Crippen LogP contribution in [0.1, 0.15) is 25.3 Å². The van der Waals surface area contributed by atoms with E-state index in [0.29, 0.717) is 19.0 Å². The monoisotopic (exact) mass is 293 g/mol. The Labute approximate surface area is 123 Å². The van der Waals surface area contributed by atoms with E-state index in [1.807, 2.05) is 6.07 Å². The fourth-order valence-corrected chi connectivity index (χ4v) is 2.73. The minimum absolute atomic E-state index is 0.226. The fourth-order valence-electron chi connectivity index (χ4n) is 2.73. The lowest BCUT2D eigenvalue weighted by molar-refractivity contribution is -0.150. The Balaban J connectivity index is 1.86. The van der Waals surface area contributed by atoms with Crippen molar-refractivity contribution in [3.05, 3.63) is 35.6 Å². The molecule has 1 aliphatic heterocycles. The van der Waals surface area contributed by atoms with Crippen LogP contribution in [0.25, 0.3) is 0 Å². The lowest BCUT2D eigenvalue weighted by Crippen LogP contribution is -2.43. The third kappa shape index (κ3) is 4.03. The second-order valence-corrected chi connectivity index (χ2v) is 5.66. The van der Waals surface area contributed by atoms with E-state index in [0.717, 1.165) is 24.8 Å². The normalized spacial score (nSPS) is 17.5. The highest BCUT2D eigenvalue weighted by Crippen LogP contribution is 2.23. The Bertz CT molecular complexity index is 524. The van der Waals surface area contributed by atoms with Gasteiger partial charge in [0.25, 0.3) is 0 Å². The van der Waals surface area contributed by atoms with Crippen LogP contribution in [-0.4, -0.2) is 35.0 Å². The lowest BCUT2D eigenvalue weighted by atomic mass is 9.89. The predicted octanol–water partition coefficient (Wildman–Crippen LogP) is 2.33. The van der Waals surface area contributed by atoms with Crippen molar-refractivity contribution in [2.75, 3.05) is 13.1 Å². The lowest BCUT2D eigenvalue weighted by Gasteiger charge is -2.33. The Morgan fingerprint density at radius 1 is 1.38 bits per heavy atom. The van der Waals surface area contributed by atoms with Crippen LogP contribution in [0.4, 0.5) is 4.39 Å². The van der Waals surface area contributed by atoms with Gasteiger partial charge < -0.3 is 10.0 Å². The molecule has 0 aliphatic carbocycles. The number of amides is 1. The summed E-state index contributed by atoms with van der Waals surface area (Å²) in [6.45, 7) is 2.58. The van der Waals surface area contributed by atoms with E-state index in [9.17, 15) is 14.0 Å². The summed E-state index contributed by atoms with van der Waals surface area (Å²) in [5, 5.41) is 8.87. The zero-order chi connectivity index (χ0) is 15.4. The summed E-state index contributed by atoms with van der Waals surface area (Å²) in [7, 11) is 0. The summed E-state index contributed by atoms with van der Waals surface area (Å²) in [6.07, 6.45) is 2.46. The van der Waals surface area contributed by atoms with Crippen LogP contribution in [0.5, 0.6) is 0 Å². The second kappa shape index (κ2) is 6.70. The molecule has 1 atom stereocenters. The summed E-state index contributed by atoms with van der Waals surface area (Å²) in [5.74, 6) is -2.19. The Kier molecular flexibility index (Phi) is 4.94. The van der Waals surface area contributed by atoms with Gasteiger partial charge >= 0.3 is 5.97 Å². The number of likely N-dealkylation sites (tertiary alicyclic amines) is 1. The number of halogens is 1. The molecule has 0 bridgehead atoms. The molecular formula is C16H20FNO3. The van der Waals surface area contributed by atoms with Crippen molar-refractivity contribution < 1.29 is 19.1 Å². The number of benzene rings is 1. The van der Waals surface area contributed by atoms with Crippen LogP contribution in [-0.2, 0) is 16.0 Å². The number of carboxylic acids is 1. The first-order valence-corrected chi connectivity index (χ1v) is 7.23. The van der Waals surface area contributed by atoms with Gasteiger partial charge in [-0.3, -0.25) is 9.59 Å². The van der Waals surface area contributed by atoms with Gasteiger partial charge in [0.1, 0.15) is 11.7 Å². The van der Waals surface area contributed by atoms with E-state index in [4.69, 9.17) is 5.11 Å². The van der Waals surface area contributed by atoms with E-state index in [-0.39, 0.29) is 11.7 Å². The molecule has 1 amide bonds. The van der Waals surface area contributed by atoms with Gasteiger partial charge in [0.15, 0.2) is 0 Å². The van der Waals surface area contributed by atoms with E-state index in [1.54, 1.807) is 17.0 Å². The number of carboxylic acid groups (broad SMARTS) is 1. The molecular weight excluding hydrogens is 273 g/mol. The zero-order valence-electron chi connectivity index (χ0n) is 12.1. The number of rotatable bonds is 4. The first-order valence-electron chi connectivity index (χ1n) is 7.23. The maximum absolute atomic E-state index is 13.1. The zero-order valence-corrected chi connectivity index (χ0v) is 12.1. The standard InChI is InChI=1S/C16H20FNO3/c1-11(16(20)21)15(19)18-7-5-12(6-8-18)9-13-3-2-4-14(17)10-13/h2-4,10-12H,5-9H2,1H3,(H,20,21). The predicted molar refractivity (Wildman–Crippen MR) is 76.2 cm³/mol. The molecule has 0 aromatic heterocycles. The van der Waals surface area contributed by atoms with Gasteiger partial charge in [0.05, 0.1) is 0 Å². The van der Waals surface area contributed by atoms with E-state index in [2.05, 4.69) is 0 Å². The first kappa shape index (κ1) is 15.5. The van der Waals surface area contributed by atoms with Crippen LogP contribution in [0.2, 0.25) is 0 Å². The molecule has 0 radical (unpaired) electrons. The topological polar surface area (TPSA) is 57.6 Å². The average molecular weight is 293 g/mol. The molecule has 1 aromatic carbocycles. The van der Waals surface area contributed by atoms with Crippen molar-refractivity contribution in [2.45, 2.75) is 26.2 Å². The van der Waals surface area contributed by atoms with Gasteiger partial charge in [-0.15, -0.1) is 0 Å². The Morgan fingerprint density at radius 3 is 2.62 bits per heavy atom. The van der Waals surface area contributed by atoms with Gasteiger partial charge in [-0.2, -0.15) is 0 Å². The number of hydrogen-bond donors (Lipinski definition) is 1. The number of nitrogens with zero attached hydrogens (tertiary/aromatic N) is 1. The van der Waals surface area contributed by atoms with Crippen LogP contribution in [0.3, 0.4) is 0 Å². The number of carbonyl (C=O) groups is 2. The maximum atomic E-state index is 13.1. The van der Waals surface area contributed by atoms with Crippen LogP contribution < -0.4 is 0 Å². The first-order chi connectivity index (χ1) is 9.97. The van der Waals surface area contributed by atoms with Crippen molar-refractivity contribution in [2.24, 2.45) is 11.8 Å². The molecule has 4 nitrogen and oxygen atoms in total.